The Hall–Kier alpha value is -0.680. The average Bonchev–Trinajstić information content (AvgIpc) is 2.03. The average molecular weight is 218 g/mol. The fraction of sp³-hybridized carbons (Fsp3) is 0.250. The molecule has 5 heteroatoms. The number of hydrogen-bond acceptors (Lipinski definition) is 3. The van der Waals surface area contributed by atoms with Crippen molar-refractivity contribution in [1.82, 2.24) is 0 Å². The number of hydrogen-bond donors (Lipinski definition) is 0. The molecule has 0 aliphatic heterocycles. The Morgan fingerprint density at radius 2 is 1.77 bits per heavy atom. The molecule has 1 rings (SSSR count). The summed E-state index contributed by atoms with van der Waals surface area (Å²) in [4.78, 5) is 0.515. The Kier molecular flexibility index (Phi) is 2.87. The molecule has 13 heavy (non-hydrogen) atoms. The minimum absolute atomic E-state index is 0.149. The van der Waals surface area contributed by atoms with Crippen molar-refractivity contribution in [1.29, 1.82) is 0 Å². The summed E-state index contributed by atoms with van der Waals surface area (Å²) in [5.41, 5.74) is 0. The van der Waals surface area contributed by atoms with Gasteiger partial charge in [-0.3, -0.25) is 4.21 Å². The summed E-state index contributed by atoms with van der Waals surface area (Å²) in [7, 11) is -4.54. The molecule has 0 saturated carbocycles. The van der Waals surface area contributed by atoms with Gasteiger partial charge in [0.05, 0.1) is 20.6 Å². The predicted octanol–water partition coefficient (Wildman–Crippen LogP) is 0.828. The quantitative estimate of drug-likeness (QED) is 0.738. The van der Waals surface area contributed by atoms with Crippen LogP contribution in [0.25, 0.3) is 0 Å². The van der Waals surface area contributed by atoms with E-state index in [0.717, 1.165) is 6.26 Å². The highest BCUT2D eigenvalue weighted by molar-refractivity contribution is 7.92. The topological polar surface area (TPSA) is 51.2 Å². The summed E-state index contributed by atoms with van der Waals surface area (Å²) in [6.07, 6.45) is 2.57. The predicted molar refractivity (Wildman–Crippen MR) is 51.9 cm³/mol. The van der Waals surface area contributed by atoms with Gasteiger partial charge >= 0.3 is 0 Å². The van der Waals surface area contributed by atoms with Crippen molar-refractivity contribution in [2.45, 2.75) is 9.79 Å². The summed E-state index contributed by atoms with van der Waals surface area (Å²) in [5.74, 6) is 0. The lowest BCUT2D eigenvalue weighted by Gasteiger charge is -2.03. The van der Waals surface area contributed by atoms with E-state index in [-0.39, 0.29) is 4.90 Å². The van der Waals surface area contributed by atoms with Gasteiger partial charge in [0.25, 0.3) is 0 Å². The lowest BCUT2D eigenvalue weighted by Crippen LogP contribution is -2.02. The number of benzene rings is 1. The van der Waals surface area contributed by atoms with Crippen molar-refractivity contribution < 1.29 is 12.6 Å². The van der Waals surface area contributed by atoms with Crippen molar-refractivity contribution in [2.24, 2.45) is 0 Å². The van der Waals surface area contributed by atoms with Crippen molar-refractivity contribution in [3.8, 4) is 0 Å². The van der Waals surface area contributed by atoms with Crippen LogP contribution in [-0.2, 0) is 20.6 Å². The normalized spacial score (nSPS) is 14.0. The van der Waals surface area contributed by atoms with Crippen LogP contribution in [0.5, 0.6) is 0 Å². The van der Waals surface area contributed by atoms with E-state index in [9.17, 15) is 12.6 Å². The monoisotopic (exact) mass is 218 g/mol. The molecule has 3 nitrogen and oxygen atoms in total. The van der Waals surface area contributed by atoms with E-state index >= 15 is 0 Å². The smallest absolute Gasteiger partial charge is 0.176 e. The molecular formula is C8H10O3S2. The van der Waals surface area contributed by atoms with Gasteiger partial charge in [-0.1, -0.05) is 12.1 Å². The van der Waals surface area contributed by atoms with E-state index < -0.39 is 20.6 Å². The lowest BCUT2D eigenvalue weighted by atomic mass is 10.4. The van der Waals surface area contributed by atoms with Crippen LogP contribution < -0.4 is 0 Å². The van der Waals surface area contributed by atoms with E-state index in [2.05, 4.69) is 0 Å². The maximum Gasteiger partial charge on any atom is 0.176 e. The van der Waals surface area contributed by atoms with E-state index in [0.29, 0.717) is 4.90 Å². The second-order valence-electron chi connectivity index (χ2n) is 2.67. The molecule has 0 fully saturated rings. The lowest BCUT2D eigenvalue weighted by molar-refractivity contribution is 0.599. The molecule has 72 valence electrons. The van der Waals surface area contributed by atoms with Gasteiger partial charge < -0.3 is 0 Å². The van der Waals surface area contributed by atoms with Crippen LogP contribution in [0.15, 0.2) is 34.1 Å². The largest absolute Gasteiger partial charge is 0.255 e. The fourth-order valence-electron chi connectivity index (χ4n) is 0.994. The van der Waals surface area contributed by atoms with Crippen molar-refractivity contribution in [3.63, 3.8) is 0 Å². The molecule has 1 aromatic carbocycles. The van der Waals surface area contributed by atoms with Crippen LogP contribution in [-0.4, -0.2) is 25.1 Å². The molecule has 0 spiro atoms. The van der Waals surface area contributed by atoms with E-state index in [1.807, 2.05) is 0 Å². The van der Waals surface area contributed by atoms with Crippen LogP contribution in [0.3, 0.4) is 0 Å². The molecule has 0 amide bonds. The van der Waals surface area contributed by atoms with Gasteiger partial charge in [0, 0.05) is 12.5 Å². The first kappa shape index (κ1) is 10.4. The Morgan fingerprint density at radius 1 is 1.23 bits per heavy atom. The zero-order valence-electron chi connectivity index (χ0n) is 7.35. The summed E-state index contributed by atoms with van der Waals surface area (Å²) in [5, 5.41) is 0. The van der Waals surface area contributed by atoms with E-state index in [1.165, 1.54) is 12.3 Å². The first-order valence-electron chi connectivity index (χ1n) is 3.55. The van der Waals surface area contributed by atoms with Crippen molar-refractivity contribution in [2.75, 3.05) is 12.5 Å². The molecule has 0 bridgehead atoms. The highest BCUT2D eigenvalue weighted by Gasteiger charge is 2.13. The highest BCUT2D eigenvalue weighted by atomic mass is 32.2. The Balaban J connectivity index is 3.46. The van der Waals surface area contributed by atoms with Gasteiger partial charge in [-0.05, 0) is 12.1 Å². The summed E-state index contributed by atoms with van der Waals surface area (Å²) in [6.45, 7) is 0. The van der Waals surface area contributed by atoms with Gasteiger partial charge in [-0.2, -0.15) is 0 Å². The molecule has 0 aliphatic rings. The molecule has 0 radical (unpaired) electrons. The first-order chi connectivity index (χ1) is 5.93. The van der Waals surface area contributed by atoms with E-state index in [4.69, 9.17) is 0 Å². The highest BCUT2D eigenvalue weighted by Crippen LogP contribution is 2.17. The Labute approximate surface area is 80.2 Å². The molecule has 0 saturated heterocycles. The molecule has 1 atom stereocenters. The standard InChI is InChI=1S/C8H10O3S2/c1-12(9)7-5-3-4-6-8(7)13(2,10)11/h3-6H,1-2H3. The first-order valence-corrected chi connectivity index (χ1v) is 7.00. The molecule has 1 aromatic rings. The SMILES string of the molecule is CS(=O)c1ccccc1S(C)(=O)=O. The third-order valence-corrected chi connectivity index (χ3v) is 3.82. The van der Waals surface area contributed by atoms with Crippen LogP contribution in [0.4, 0.5) is 0 Å². The third-order valence-electron chi connectivity index (χ3n) is 1.56. The van der Waals surface area contributed by atoms with Crippen LogP contribution in [0, 0.1) is 0 Å². The number of sulfone groups is 1. The maximum atomic E-state index is 11.2. The zero-order chi connectivity index (χ0) is 10.1. The summed E-state index contributed by atoms with van der Waals surface area (Å²) >= 11 is 0. The molecule has 1 unspecified atom stereocenters. The third kappa shape index (κ3) is 2.38. The molecular weight excluding hydrogens is 208 g/mol. The second-order valence-corrected chi connectivity index (χ2v) is 6.01. The van der Waals surface area contributed by atoms with Crippen LogP contribution in [0.2, 0.25) is 0 Å². The van der Waals surface area contributed by atoms with Crippen LogP contribution in [0.1, 0.15) is 0 Å². The van der Waals surface area contributed by atoms with Gasteiger partial charge in [0.1, 0.15) is 0 Å². The van der Waals surface area contributed by atoms with Crippen molar-refractivity contribution >= 4 is 20.6 Å². The second kappa shape index (κ2) is 3.59. The fourth-order valence-corrected chi connectivity index (χ4v) is 3.18. The maximum absolute atomic E-state index is 11.2. The minimum atomic E-state index is -3.27. The molecule has 0 heterocycles. The molecule has 0 aliphatic carbocycles. The minimum Gasteiger partial charge on any atom is -0.255 e. The molecule has 0 aromatic heterocycles. The number of rotatable bonds is 2. The van der Waals surface area contributed by atoms with Gasteiger partial charge in [0.15, 0.2) is 9.84 Å². The Morgan fingerprint density at radius 3 is 2.15 bits per heavy atom. The molecule has 0 N–H and O–H groups in total. The zero-order valence-corrected chi connectivity index (χ0v) is 8.98. The van der Waals surface area contributed by atoms with Crippen molar-refractivity contribution in [3.05, 3.63) is 24.3 Å². The Bertz CT molecular complexity index is 434. The van der Waals surface area contributed by atoms with Crippen LogP contribution >= 0.6 is 0 Å². The summed E-state index contributed by atoms with van der Waals surface area (Å²) in [6, 6.07) is 6.32. The van der Waals surface area contributed by atoms with Gasteiger partial charge in [0.2, 0.25) is 0 Å². The summed E-state index contributed by atoms with van der Waals surface area (Å²) < 4.78 is 33.6. The van der Waals surface area contributed by atoms with Gasteiger partial charge in [-0.25, -0.2) is 8.42 Å². The van der Waals surface area contributed by atoms with Gasteiger partial charge in [-0.15, -0.1) is 0 Å². The van der Waals surface area contributed by atoms with E-state index in [1.54, 1.807) is 18.2 Å².